The number of rotatable bonds is 8. The van der Waals surface area contributed by atoms with Gasteiger partial charge in [0.1, 0.15) is 18.3 Å². The highest BCUT2D eigenvalue weighted by Gasteiger charge is 2.46. The Kier molecular flexibility index (Phi) is 6.71. The molecule has 31 heavy (non-hydrogen) atoms. The molecule has 1 saturated heterocycles. The van der Waals surface area contributed by atoms with Crippen LogP contribution in [0.25, 0.3) is 11.2 Å². The minimum atomic E-state index is -5.33. The van der Waals surface area contributed by atoms with Crippen molar-refractivity contribution in [3.8, 4) is 0 Å². The molecule has 0 spiro atoms. The Labute approximate surface area is 171 Å². The predicted molar refractivity (Wildman–Crippen MR) is 97.7 cm³/mol. The van der Waals surface area contributed by atoms with Crippen molar-refractivity contribution >= 4 is 34.2 Å². The molecule has 20 heteroatoms. The Morgan fingerprint density at radius 2 is 1.81 bits per heavy atom. The van der Waals surface area contributed by atoms with E-state index in [2.05, 4.69) is 23.8 Å². The smallest absolute Gasteiger partial charge is 0.387 e. The van der Waals surface area contributed by atoms with Gasteiger partial charge >= 0.3 is 23.0 Å². The van der Waals surface area contributed by atoms with E-state index in [1.54, 1.807) is 0 Å². The number of H-pyrrole nitrogens is 1. The summed E-state index contributed by atoms with van der Waals surface area (Å²) in [6.07, 6.45) is -3.90. The number of aromatic nitrogens is 4. The first-order chi connectivity index (χ1) is 14.2. The van der Waals surface area contributed by atoms with E-state index in [-0.39, 0.29) is 11.2 Å². The number of aromatic amines is 1. The Hall–Kier alpha value is -1.32. The number of fused-ring (bicyclic) bond motifs is 1. The lowest BCUT2D eigenvalue weighted by molar-refractivity contribution is -0.0501. The highest BCUT2D eigenvalue weighted by molar-refractivity contribution is 7.73. The number of imidazole rings is 1. The van der Waals surface area contributed by atoms with E-state index in [0.29, 0.717) is 0 Å². The number of phosphoric ester groups is 1. The SMILES string of the molecule is O=c1[nH]cnc2c1ncn2[C@@H]1O[C@H](COP(=O)(O)OP(=O)(O)CP(=O)(O)O)[C@@H](O)[C@H]1O. The molecule has 6 atom stereocenters. The molecule has 2 unspecified atom stereocenters. The maximum Gasteiger partial charge on any atom is 0.479 e. The van der Waals surface area contributed by atoms with Crippen molar-refractivity contribution in [3.63, 3.8) is 0 Å². The molecule has 0 bridgehead atoms. The molecule has 3 rings (SSSR count). The summed E-state index contributed by atoms with van der Waals surface area (Å²) in [5.41, 5.74) is -0.639. The van der Waals surface area contributed by atoms with Gasteiger partial charge in [0.2, 0.25) is 0 Å². The fraction of sp³-hybridized carbons (Fsp3) is 0.545. The van der Waals surface area contributed by atoms with Gasteiger partial charge in [0.05, 0.1) is 19.3 Å². The number of hydrogen-bond acceptors (Lipinski definition) is 11. The lowest BCUT2D eigenvalue weighted by Crippen LogP contribution is -2.33. The number of nitrogens with zero attached hydrogens (tertiary/aromatic N) is 3. The van der Waals surface area contributed by atoms with E-state index in [4.69, 9.17) is 14.5 Å². The number of ether oxygens (including phenoxy) is 1. The molecule has 0 aliphatic carbocycles. The Balaban J connectivity index is 1.70. The third-order valence-electron chi connectivity index (χ3n) is 3.97. The van der Waals surface area contributed by atoms with Crippen LogP contribution in [0.5, 0.6) is 0 Å². The van der Waals surface area contributed by atoms with Crippen LogP contribution in [0.4, 0.5) is 0 Å². The molecule has 2 aromatic heterocycles. The molecule has 0 radical (unpaired) electrons. The lowest BCUT2D eigenvalue weighted by Gasteiger charge is -2.19. The van der Waals surface area contributed by atoms with Gasteiger partial charge in [0.25, 0.3) is 5.56 Å². The molecular weight excluding hydrogens is 489 g/mol. The summed E-state index contributed by atoms with van der Waals surface area (Å²) in [4.78, 5) is 58.0. The largest absolute Gasteiger partial charge is 0.479 e. The van der Waals surface area contributed by atoms with E-state index >= 15 is 0 Å². The van der Waals surface area contributed by atoms with Gasteiger partial charge in [-0.05, 0) is 0 Å². The molecule has 1 fully saturated rings. The molecule has 0 amide bonds. The maximum atomic E-state index is 11.8. The van der Waals surface area contributed by atoms with Crippen LogP contribution in [-0.2, 0) is 27.3 Å². The topological polar surface area (TPSA) is 264 Å². The molecular formula is C11H17N4O13P3. The van der Waals surface area contributed by atoms with Crippen molar-refractivity contribution in [1.29, 1.82) is 0 Å². The molecule has 1 aliphatic rings. The molecule has 174 valence electrons. The summed E-state index contributed by atoms with van der Waals surface area (Å²) in [5.74, 6) is -1.73. The Bertz CT molecular complexity index is 1160. The highest BCUT2D eigenvalue weighted by Crippen LogP contribution is 2.65. The van der Waals surface area contributed by atoms with Crippen LogP contribution in [0.1, 0.15) is 6.23 Å². The van der Waals surface area contributed by atoms with E-state index in [1.807, 2.05) is 0 Å². The first kappa shape index (κ1) is 24.3. The summed E-state index contributed by atoms with van der Waals surface area (Å²) < 4.78 is 49.1. The summed E-state index contributed by atoms with van der Waals surface area (Å²) in [6, 6.07) is 0. The van der Waals surface area contributed by atoms with Gasteiger partial charge in [-0.1, -0.05) is 0 Å². The zero-order valence-corrected chi connectivity index (χ0v) is 17.8. The van der Waals surface area contributed by atoms with Crippen LogP contribution in [0.2, 0.25) is 0 Å². The van der Waals surface area contributed by atoms with Gasteiger partial charge in [-0.3, -0.25) is 23.0 Å². The molecule has 0 saturated carbocycles. The second-order valence-electron chi connectivity index (χ2n) is 6.39. The first-order valence-electron chi connectivity index (χ1n) is 8.16. The molecule has 7 N–H and O–H groups in total. The zero-order chi connectivity index (χ0) is 23.2. The normalized spacial score (nSPS) is 28.5. The minimum Gasteiger partial charge on any atom is -0.387 e. The number of aliphatic hydroxyl groups is 2. The Morgan fingerprint density at radius 1 is 1.13 bits per heavy atom. The maximum absolute atomic E-state index is 11.8. The van der Waals surface area contributed by atoms with Gasteiger partial charge in [0.15, 0.2) is 23.3 Å². The van der Waals surface area contributed by atoms with Crippen LogP contribution >= 0.6 is 23.0 Å². The van der Waals surface area contributed by atoms with Crippen LogP contribution in [-0.4, -0.2) is 80.1 Å². The van der Waals surface area contributed by atoms with Crippen LogP contribution in [0, 0.1) is 0 Å². The van der Waals surface area contributed by atoms with Crippen molar-refractivity contribution in [3.05, 3.63) is 23.0 Å². The van der Waals surface area contributed by atoms with Crippen molar-refractivity contribution < 1.29 is 57.1 Å². The zero-order valence-electron chi connectivity index (χ0n) is 15.1. The molecule has 1 aliphatic heterocycles. The van der Waals surface area contributed by atoms with Gasteiger partial charge in [-0.15, -0.1) is 0 Å². The quantitative estimate of drug-likeness (QED) is 0.195. The summed E-state index contributed by atoms with van der Waals surface area (Å²) in [5, 5.41) is 20.4. The third kappa shape index (κ3) is 5.73. The first-order valence-corrected chi connectivity index (χ1v) is 13.2. The van der Waals surface area contributed by atoms with Gasteiger partial charge in [-0.25, -0.2) is 18.8 Å². The number of phosphoric acid groups is 1. The standard InChI is InChI=1S/C11H17N4O13P3/c16-7-5(1-26-31(24,25)28-30(22,23)4-29(19,20)21)27-11(8(7)17)15-3-14-6-9(15)12-2-13-10(6)18/h2-3,5,7-8,11,16-17H,1,4H2,(H,22,23)(H,24,25)(H,12,13,18)(H2,19,20,21)/t5-,7-,8-,11-/m1/s1. The van der Waals surface area contributed by atoms with Gasteiger partial charge in [-0.2, -0.15) is 0 Å². The second kappa shape index (κ2) is 8.56. The predicted octanol–water partition coefficient (Wildman–Crippen LogP) is -1.81. The van der Waals surface area contributed by atoms with Crippen LogP contribution in [0.3, 0.4) is 0 Å². The van der Waals surface area contributed by atoms with Gasteiger partial charge < -0.3 is 39.5 Å². The lowest BCUT2D eigenvalue weighted by atomic mass is 10.1. The Morgan fingerprint density at radius 3 is 2.45 bits per heavy atom. The van der Waals surface area contributed by atoms with Gasteiger partial charge in [0, 0.05) is 0 Å². The second-order valence-corrected chi connectivity index (χ2v) is 12.0. The summed E-state index contributed by atoms with van der Waals surface area (Å²) in [7, 11) is -15.6. The van der Waals surface area contributed by atoms with E-state index < -0.39 is 65.6 Å². The average molecular weight is 506 g/mol. The number of hydrogen-bond donors (Lipinski definition) is 7. The minimum absolute atomic E-state index is 0.0105. The molecule has 3 heterocycles. The average Bonchev–Trinajstić information content (AvgIpc) is 3.13. The molecule has 17 nitrogen and oxygen atoms in total. The molecule has 0 aromatic carbocycles. The number of nitrogens with one attached hydrogen (secondary N) is 1. The fourth-order valence-electron chi connectivity index (χ4n) is 2.76. The van der Waals surface area contributed by atoms with Crippen molar-refractivity contribution in [2.24, 2.45) is 0 Å². The van der Waals surface area contributed by atoms with E-state index in [1.165, 1.54) is 0 Å². The monoisotopic (exact) mass is 506 g/mol. The van der Waals surface area contributed by atoms with Crippen molar-refractivity contribution in [2.75, 3.05) is 12.5 Å². The number of aliphatic hydroxyl groups excluding tert-OH is 2. The van der Waals surface area contributed by atoms with Crippen molar-refractivity contribution in [1.82, 2.24) is 19.5 Å². The van der Waals surface area contributed by atoms with Crippen LogP contribution in [0.15, 0.2) is 17.4 Å². The fourth-order valence-corrected chi connectivity index (χ4v) is 7.10. The summed E-state index contributed by atoms with van der Waals surface area (Å²) >= 11 is 0. The molecule has 2 aromatic rings. The highest BCUT2D eigenvalue weighted by atomic mass is 31.3. The van der Waals surface area contributed by atoms with E-state index in [0.717, 1.165) is 17.2 Å². The summed E-state index contributed by atoms with van der Waals surface area (Å²) in [6.45, 7) is -0.931. The van der Waals surface area contributed by atoms with Crippen LogP contribution < -0.4 is 5.56 Å². The van der Waals surface area contributed by atoms with Crippen molar-refractivity contribution in [2.45, 2.75) is 24.5 Å². The van der Waals surface area contributed by atoms with E-state index in [9.17, 15) is 38.5 Å². The third-order valence-corrected chi connectivity index (χ3v) is 9.20.